The van der Waals surface area contributed by atoms with E-state index in [0.717, 1.165) is 10.6 Å². The Hall–Kier alpha value is -1.50. The van der Waals surface area contributed by atoms with Crippen LogP contribution in [-0.2, 0) is 11.2 Å². The molecule has 2 rings (SSSR count). The van der Waals surface area contributed by atoms with Crippen LogP contribution in [0.4, 0.5) is 5.13 Å². The Bertz CT molecular complexity index is 532. The maximum atomic E-state index is 11.8. The van der Waals surface area contributed by atoms with Gasteiger partial charge < -0.3 is 5.73 Å². The van der Waals surface area contributed by atoms with Gasteiger partial charge in [0.25, 0.3) is 0 Å². The van der Waals surface area contributed by atoms with Gasteiger partial charge in [0.2, 0.25) is 11.0 Å². The maximum Gasteiger partial charge on any atom is 0.243 e. The number of nitrogens with one attached hydrogen (secondary N) is 1. The molecule has 0 aliphatic carbocycles. The lowest BCUT2D eigenvalue weighted by Crippen LogP contribution is -2.37. The largest absolute Gasteiger partial charge is 0.320 e. The summed E-state index contributed by atoms with van der Waals surface area (Å²) in [6.45, 7) is 1.83. The predicted octanol–water partition coefficient (Wildman–Crippen LogP) is 1.78. The number of nitrogens with two attached hydrogens (primary N) is 1. The minimum Gasteiger partial charge on any atom is -0.320 e. The zero-order valence-electron chi connectivity index (χ0n) is 10.4. The van der Waals surface area contributed by atoms with Crippen LogP contribution in [0, 0.1) is 6.92 Å². The molecule has 19 heavy (non-hydrogen) atoms. The van der Waals surface area contributed by atoms with E-state index in [1.54, 1.807) is 0 Å². The van der Waals surface area contributed by atoms with Crippen molar-refractivity contribution in [2.45, 2.75) is 19.4 Å². The average molecular weight is 299 g/mol. The molecule has 0 aliphatic heterocycles. The molecule has 3 N–H and O–H groups in total. The van der Waals surface area contributed by atoms with Crippen molar-refractivity contribution in [1.29, 1.82) is 0 Å². The highest BCUT2D eigenvalue weighted by molar-refractivity contribution is 7.15. The Kier molecular flexibility index (Phi) is 5.88. The van der Waals surface area contributed by atoms with Crippen molar-refractivity contribution >= 4 is 34.8 Å². The van der Waals surface area contributed by atoms with Crippen LogP contribution >= 0.6 is 23.7 Å². The molecular weight excluding hydrogens is 284 g/mol. The summed E-state index contributed by atoms with van der Waals surface area (Å²) in [7, 11) is 0. The summed E-state index contributed by atoms with van der Waals surface area (Å²) in [5, 5.41) is 11.6. The molecule has 1 atom stereocenters. The van der Waals surface area contributed by atoms with E-state index in [9.17, 15) is 4.79 Å². The van der Waals surface area contributed by atoms with E-state index in [4.69, 9.17) is 5.73 Å². The predicted molar refractivity (Wildman–Crippen MR) is 78.6 cm³/mol. The molecule has 1 aromatic heterocycles. The van der Waals surface area contributed by atoms with E-state index >= 15 is 0 Å². The van der Waals surface area contributed by atoms with Gasteiger partial charge in [0, 0.05) is 0 Å². The van der Waals surface area contributed by atoms with E-state index in [1.165, 1.54) is 11.3 Å². The first-order valence-electron chi connectivity index (χ1n) is 5.55. The van der Waals surface area contributed by atoms with Crippen molar-refractivity contribution in [2.24, 2.45) is 5.73 Å². The van der Waals surface area contributed by atoms with E-state index in [2.05, 4.69) is 15.5 Å². The molecule has 1 heterocycles. The van der Waals surface area contributed by atoms with E-state index in [1.807, 2.05) is 37.3 Å². The van der Waals surface area contributed by atoms with Crippen LogP contribution in [0.3, 0.4) is 0 Å². The Labute approximate surface area is 121 Å². The molecule has 0 fully saturated rings. The van der Waals surface area contributed by atoms with Gasteiger partial charge in [-0.05, 0) is 18.9 Å². The van der Waals surface area contributed by atoms with Gasteiger partial charge >= 0.3 is 0 Å². The van der Waals surface area contributed by atoms with Crippen LogP contribution in [0.15, 0.2) is 30.3 Å². The molecule has 0 unspecified atom stereocenters. The Morgan fingerprint density at radius 3 is 2.63 bits per heavy atom. The monoisotopic (exact) mass is 298 g/mol. The zero-order chi connectivity index (χ0) is 13.0. The van der Waals surface area contributed by atoms with Crippen molar-refractivity contribution < 1.29 is 4.79 Å². The standard InChI is InChI=1S/C12H14N4OS.ClH/c1-8-15-16-12(18-8)14-11(17)10(13)7-9-5-3-2-4-6-9;/h2-6,10H,7,13H2,1H3,(H,14,16,17);1H/t10-;/m0./s1. The third-order valence-electron chi connectivity index (χ3n) is 2.39. The smallest absolute Gasteiger partial charge is 0.243 e. The minimum atomic E-state index is -0.586. The fourth-order valence-corrected chi connectivity index (χ4v) is 2.10. The number of halogens is 1. The summed E-state index contributed by atoms with van der Waals surface area (Å²) in [6.07, 6.45) is 0.504. The van der Waals surface area contributed by atoms with Crippen LogP contribution in [0.1, 0.15) is 10.6 Å². The van der Waals surface area contributed by atoms with Crippen molar-refractivity contribution in [1.82, 2.24) is 10.2 Å². The highest BCUT2D eigenvalue weighted by atomic mass is 35.5. The van der Waals surface area contributed by atoms with E-state index in [-0.39, 0.29) is 18.3 Å². The van der Waals surface area contributed by atoms with Crippen LogP contribution in [0.2, 0.25) is 0 Å². The number of hydrogen-bond donors (Lipinski definition) is 2. The van der Waals surface area contributed by atoms with E-state index < -0.39 is 6.04 Å². The van der Waals surface area contributed by atoms with Crippen LogP contribution in [-0.4, -0.2) is 22.1 Å². The van der Waals surface area contributed by atoms with Gasteiger partial charge in [0.05, 0.1) is 6.04 Å². The molecule has 102 valence electrons. The summed E-state index contributed by atoms with van der Waals surface area (Å²) < 4.78 is 0. The first-order chi connectivity index (χ1) is 8.65. The van der Waals surface area contributed by atoms with Crippen molar-refractivity contribution in [2.75, 3.05) is 5.32 Å². The molecule has 1 amide bonds. The normalized spacial score (nSPS) is 11.5. The third kappa shape index (κ3) is 4.59. The van der Waals surface area contributed by atoms with Gasteiger partial charge in [-0.15, -0.1) is 22.6 Å². The van der Waals surface area contributed by atoms with Crippen molar-refractivity contribution in [3.63, 3.8) is 0 Å². The van der Waals surface area contributed by atoms with Crippen LogP contribution in [0.25, 0.3) is 0 Å². The second-order valence-electron chi connectivity index (χ2n) is 3.91. The number of carbonyl (C=O) groups excluding carboxylic acids is 1. The number of anilines is 1. The lowest BCUT2D eigenvalue weighted by atomic mass is 10.1. The minimum absolute atomic E-state index is 0. The van der Waals surface area contributed by atoms with Crippen LogP contribution < -0.4 is 11.1 Å². The summed E-state index contributed by atoms with van der Waals surface area (Å²) in [5.41, 5.74) is 6.88. The molecule has 0 saturated carbocycles. The quantitative estimate of drug-likeness (QED) is 0.901. The molecular formula is C12H15ClN4OS. The first kappa shape index (κ1) is 15.6. The number of amides is 1. The Morgan fingerprint density at radius 2 is 2.05 bits per heavy atom. The molecule has 1 aromatic carbocycles. The molecule has 5 nitrogen and oxygen atoms in total. The molecule has 0 bridgehead atoms. The highest BCUT2D eigenvalue weighted by Gasteiger charge is 2.15. The summed E-state index contributed by atoms with van der Waals surface area (Å²) in [5.74, 6) is -0.241. The number of aromatic nitrogens is 2. The number of hydrogen-bond acceptors (Lipinski definition) is 5. The SMILES string of the molecule is Cc1nnc(NC(=O)[C@@H](N)Cc2ccccc2)s1.Cl. The first-order valence-corrected chi connectivity index (χ1v) is 6.37. The van der Waals surface area contributed by atoms with Crippen LogP contribution in [0.5, 0.6) is 0 Å². The Morgan fingerprint density at radius 1 is 1.37 bits per heavy atom. The average Bonchev–Trinajstić information content (AvgIpc) is 2.76. The number of carbonyl (C=O) groups is 1. The number of benzene rings is 1. The van der Waals surface area contributed by atoms with Gasteiger partial charge in [-0.2, -0.15) is 0 Å². The molecule has 0 saturated heterocycles. The fraction of sp³-hybridized carbons (Fsp3) is 0.250. The summed E-state index contributed by atoms with van der Waals surface area (Å²) in [6, 6.07) is 9.09. The Balaban J connectivity index is 0.00000180. The van der Waals surface area contributed by atoms with Crippen molar-refractivity contribution in [3.05, 3.63) is 40.9 Å². The fourth-order valence-electron chi connectivity index (χ4n) is 1.51. The topological polar surface area (TPSA) is 80.9 Å². The second-order valence-corrected chi connectivity index (χ2v) is 5.09. The number of rotatable bonds is 4. The van der Waals surface area contributed by atoms with Gasteiger partial charge in [-0.1, -0.05) is 41.7 Å². The lowest BCUT2D eigenvalue weighted by molar-refractivity contribution is -0.117. The third-order valence-corrected chi connectivity index (χ3v) is 3.15. The van der Waals surface area contributed by atoms with Gasteiger partial charge in [0.15, 0.2) is 0 Å². The molecule has 0 aliphatic rings. The number of aryl methyl sites for hydroxylation is 1. The summed E-state index contributed by atoms with van der Waals surface area (Å²) in [4.78, 5) is 11.8. The number of nitrogens with zero attached hydrogens (tertiary/aromatic N) is 2. The lowest BCUT2D eigenvalue weighted by Gasteiger charge is -2.10. The highest BCUT2D eigenvalue weighted by Crippen LogP contribution is 2.14. The molecule has 0 radical (unpaired) electrons. The molecule has 2 aromatic rings. The van der Waals surface area contributed by atoms with Gasteiger partial charge in [-0.3, -0.25) is 10.1 Å². The van der Waals surface area contributed by atoms with E-state index in [0.29, 0.717) is 11.6 Å². The maximum absolute atomic E-state index is 11.8. The zero-order valence-corrected chi connectivity index (χ0v) is 12.0. The summed E-state index contributed by atoms with van der Waals surface area (Å²) >= 11 is 1.33. The van der Waals surface area contributed by atoms with Gasteiger partial charge in [-0.25, -0.2) is 0 Å². The van der Waals surface area contributed by atoms with Crippen molar-refractivity contribution in [3.8, 4) is 0 Å². The molecule has 0 spiro atoms. The van der Waals surface area contributed by atoms with Gasteiger partial charge in [0.1, 0.15) is 5.01 Å². The second kappa shape index (κ2) is 7.18. The molecule has 7 heteroatoms.